The van der Waals surface area contributed by atoms with Crippen molar-refractivity contribution >= 4 is 12.0 Å². The Labute approximate surface area is 114 Å². The van der Waals surface area contributed by atoms with Crippen LogP contribution in [0.2, 0.25) is 0 Å². The molecule has 2 amide bonds. The van der Waals surface area contributed by atoms with Crippen molar-refractivity contribution < 1.29 is 14.7 Å². The van der Waals surface area contributed by atoms with Crippen LogP contribution in [0.25, 0.3) is 0 Å². The summed E-state index contributed by atoms with van der Waals surface area (Å²) < 4.78 is 0. The van der Waals surface area contributed by atoms with Gasteiger partial charge in [0, 0.05) is 13.6 Å². The first-order valence-electron chi connectivity index (χ1n) is 7.02. The summed E-state index contributed by atoms with van der Waals surface area (Å²) in [6, 6.07) is -1.06. The fraction of sp³-hybridized carbons (Fsp3) is 0.846. The number of aliphatic carboxylic acids is 1. The molecular formula is C13H25N3O3. The van der Waals surface area contributed by atoms with Crippen LogP contribution < -0.4 is 5.32 Å². The molecular weight excluding hydrogens is 246 g/mol. The molecule has 1 saturated heterocycles. The number of hydrogen-bond acceptors (Lipinski definition) is 3. The summed E-state index contributed by atoms with van der Waals surface area (Å²) in [5.74, 6) is -0.961. The highest BCUT2D eigenvalue weighted by atomic mass is 16.4. The van der Waals surface area contributed by atoms with E-state index in [-0.39, 0.29) is 6.03 Å². The van der Waals surface area contributed by atoms with E-state index in [2.05, 4.69) is 10.2 Å². The van der Waals surface area contributed by atoms with E-state index in [1.807, 2.05) is 0 Å². The van der Waals surface area contributed by atoms with Gasteiger partial charge in [-0.2, -0.15) is 0 Å². The minimum atomic E-state index is -0.961. The first kappa shape index (κ1) is 15.8. The van der Waals surface area contributed by atoms with Crippen LogP contribution in [0.5, 0.6) is 0 Å². The van der Waals surface area contributed by atoms with Gasteiger partial charge in [0.25, 0.3) is 0 Å². The second-order valence-electron chi connectivity index (χ2n) is 5.01. The quantitative estimate of drug-likeness (QED) is 0.677. The molecule has 0 bridgehead atoms. The SMILES string of the molecule is CCC(C(=O)O)N(C)C(=O)NCCCN1CCCC1. The van der Waals surface area contributed by atoms with E-state index in [4.69, 9.17) is 5.11 Å². The topological polar surface area (TPSA) is 72.9 Å². The summed E-state index contributed by atoms with van der Waals surface area (Å²) in [5.41, 5.74) is 0. The van der Waals surface area contributed by atoms with E-state index >= 15 is 0 Å². The van der Waals surface area contributed by atoms with Crippen LogP contribution in [0.4, 0.5) is 4.79 Å². The number of nitrogens with one attached hydrogen (secondary N) is 1. The van der Waals surface area contributed by atoms with Crippen molar-refractivity contribution in [3.63, 3.8) is 0 Å². The summed E-state index contributed by atoms with van der Waals surface area (Å²) in [5, 5.41) is 11.8. The molecule has 0 aromatic carbocycles. The average molecular weight is 271 g/mol. The predicted molar refractivity (Wildman–Crippen MR) is 73.2 cm³/mol. The molecule has 1 aliphatic heterocycles. The number of rotatable bonds is 7. The lowest BCUT2D eigenvalue weighted by Crippen LogP contribution is -2.47. The Balaban J connectivity index is 2.20. The molecule has 0 radical (unpaired) electrons. The Morgan fingerprint density at radius 1 is 1.37 bits per heavy atom. The lowest BCUT2D eigenvalue weighted by molar-refractivity contribution is -0.141. The van der Waals surface area contributed by atoms with E-state index in [9.17, 15) is 9.59 Å². The first-order valence-corrected chi connectivity index (χ1v) is 7.02. The summed E-state index contributed by atoms with van der Waals surface area (Å²) in [6.07, 6.45) is 3.86. The number of carboxylic acid groups (broad SMARTS) is 1. The maximum atomic E-state index is 11.8. The summed E-state index contributed by atoms with van der Waals surface area (Å²) in [6.45, 7) is 5.67. The number of carbonyl (C=O) groups is 2. The van der Waals surface area contributed by atoms with Crippen molar-refractivity contribution in [3.8, 4) is 0 Å². The third-order valence-corrected chi connectivity index (χ3v) is 3.59. The van der Waals surface area contributed by atoms with Gasteiger partial charge in [-0.1, -0.05) is 6.92 Å². The maximum Gasteiger partial charge on any atom is 0.326 e. The van der Waals surface area contributed by atoms with Gasteiger partial charge in [0.05, 0.1) is 0 Å². The van der Waals surface area contributed by atoms with Crippen LogP contribution >= 0.6 is 0 Å². The molecule has 6 nitrogen and oxygen atoms in total. The summed E-state index contributed by atoms with van der Waals surface area (Å²) in [7, 11) is 1.53. The molecule has 0 saturated carbocycles. The first-order chi connectivity index (χ1) is 9.06. The third kappa shape index (κ3) is 5.06. The smallest absolute Gasteiger partial charge is 0.326 e. The summed E-state index contributed by atoms with van der Waals surface area (Å²) >= 11 is 0. The van der Waals surface area contributed by atoms with Crippen LogP contribution in [0.15, 0.2) is 0 Å². The molecule has 0 aromatic rings. The van der Waals surface area contributed by atoms with Crippen molar-refractivity contribution in [3.05, 3.63) is 0 Å². The molecule has 1 aliphatic rings. The number of nitrogens with zero attached hydrogens (tertiary/aromatic N) is 2. The van der Waals surface area contributed by atoms with Gasteiger partial charge in [-0.25, -0.2) is 9.59 Å². The number of carbonyl (C=O) groups excluding carboxylic acids is 1. The molecule has 1 heterocycles. The van der Waals surface area contributed by atoms with Crippen LogP contribution in [0, 0.1) is 0 Å². The Hall–Kier alpha value is -1.30. The van der Waals surface area contributed by atoms with Crippen LogP contribution in [-0.2, 0) is 4.79 Å². The number of hydrogen-bond donors (Lipinski definition) is 2. The number of likely N-dealkylation sites (tertiary alicyclic amines) is 1. The zero-order valence-corrected chi connectivity index (χ0v) is 11.9. The van der Waals surface area contributed by atoms with Gasteiger partial charge in [0.1, 0.15) is 6.04 Å². The van der Waals surface area contributed by atoms with E-state index in [1.54, 1.807) is 6.92 Å². The number of carboxylic acids is 1. The minimum absolute atomic E-state index is 0.310. The highest BCUT2D eigenvalue weighted by Crippen LogP contribution is 2.07. The summed E-state index contributed by atoms with van der Waals surface area (Å²) in [4.78, 5) is 26.4. The maximum absolute atomic E-state index is 11.8. The Morgan fingerprint density at radius 2 is 2.00 bits per heavy atom. The highest BCUT2D eigenvalue weighted by Gasteiger charge is 2.24. The average Bonchev–Trinajstić information content (AvgIpc) is 2.87. The predicted octanol–water partition coefficient (Wildman–Crippen LogP) is 0.977. The Morgan fingerprint density at radius 3 is 2.53 bits per heavy atom. The molecule has 19 heavy (non-hydrogen) atoms. The van der Waals surface area contributed by atoms with Crippen LogP contribution in [0.3, 0.4) is 0 Å². The fourth-order valence-electron chi connectivity index (χ4n) is 2.38. The van der Waals surface area contributed by atoms with Gasteiger partial charge < -0.3 is 20.2 Å². The monoisotopic (exact) mass is 271 g/mol. The van der Waals surface area contributed by atoms with Crippen molar-refractivity contribution in [2.24, 2.45) is 0 Å². The lowest BCUT2D eigenvalue weighted by Gasteiger charge is -2.24. The van der Waals surface area contributed by atoms with Gasteiger partial charge in [0.15, 0.2) is 0 Å². The standard InChI is InChI=1S/C13H25N3O3/c1-3-11(12(17)18)15(2)13(19)14-7-6-10-16-8-4-5-9-16/h11H,3-10H2,1-2H3,(H,14,19)(H,17,18). The molecule has 1 atom stereocenters. The van der Waals surface area contributed by atoms with Crippen LogP contribution in [-0.4, -0.2) is 66.2 Å². The van der Waals surface area contributed by atoms with Crippen molar-refractivity contribution in [2.45, 2.75) is 38.6 Å². The van der Waals surface area contributed by atoms with Gasteiger partial charge in [-0.3, -0.25) is 0 Å². The second kappa shape index (κ2) is 7.99. The third-order valence-electron chi connectivity index (χ3n) is 3.59. The molecule has 0 aliphatic carbocycles. The molecule has 2 N–H and O–H groups in total. The Bertz CT molecular complexity index is 304. The van der Waals surface area contributed by atoms with E-state index in [1.165, 1.54) is 24.8 Å². The zero-order valence-electron chi connectivity index (χ0n) is 11.9. The van der Waals surface area contributed by atoms with Gasteiger partial charge in [-0.05, 0) is 45.3 Å². The molecule has 6 heteroatoms. The van der Waals surface area contributed by atoms with Gasteiger partial charge >= 0.3 is 12.0 Å². The zero-order chi connectivity index (χ0) is 14.3. The molecule has 110 valence electrons. The number of urea groups is 1. The normalized spacial score (nSPS) is 17.2. The van der Waals surface area contributed by atoms with Crippen molar-refractivity contribution in [2.75, 3.05) is 33.2 Å². The lowest BCUT2D eigenvalue weighted by atomic mass is 10.2. The van der Waals surface area contributed by atoms with E-state index in [0.29, 0.717) is 13.0 Å². The molecule has 0 aromatic heterocycles. The van der Waals surface area contributed by atoms with Gasteiger partial charge in [-0.15, -0.1) is 0 Å². The fourth-order valence-corrected chi connectivity index (χ4v) is 2.38. The highest BCUT2D eigenvalue weighted by molar-refractivity contribution is 5.82. The number of amides is 2. The van der Waals surface area contributed by atoms with Crippen LogP contribution in [0.1, 0.15) is 32.6 Å². The molecule has 1 rings (SSSR count). The van der Waals surface area contributed by atoms with Crippen molar-refractivity contribution in [1.29, 1.82) is 0 Å². The van der Waals surface area contributed by atoms with E-state index in [0.717, 1.165) is 26.1 Å². The second-order valence-corrected chi connectivity index (χ2v) is 5.01. The minimum Gasteiger partial charge on any atom is -0.480 e. The number of likely N-dealkylation sites (N-methyl/N-ethyl adjacent to an activating group) is 1. The Kier molecular flexibility index (Phi) is 6.62. The van der Waals surface area contributed by atoms with Gasteiger partial charge in [0.2, 0.25) is 0 Å². The van der Waals surface area contributed by atoms with E-state index < -0.39 is 12.0 Å². The molecule has 1 fully saturated rings. The largest absolute Gasteiger partial charge is 0.480 e. The van der Waals surface area contributed by atoms with Crippen molar-refractivity contribution in [1.82, 2.24) is 15.1 Å². The molecule has 1 unspecified atom stereocenters. The molecule has 0 spiro atoms.